The van der Waals surface area contributed by atoms with Gasteiger partial charge in [0.25, 0.3) is 0 Å². The Labute approximate surface area is 111 Å². The number of nitrogen functional groups attached to an aromatic ring is 1. The Morgan fingerprint density at radius 2 is 2.17 bits per heavy atom. The van der Waals surface area contributed by atoms with Crippen LogP contribution in [0.25, 0.3) is 0 Å². The molecule has 0 bridgehead atoms. The number of hydrogen-bond acceptors (Lipinski definition) is 4. The predicted octanol–water partition coefficient (Wildman–Crippen LogP) is 1.60. The van der Waals surface area contributed by atoms with E-state index < -0.39 is 6.03 Å². The van der Waals surface area contributed by atoms with E-state index >= 15 is 0 Å². The highest BCUT2D eigenvalue weighted by Gasteiger charge is 2.16. The van der Waals surface area contributed by atoms with Crippen molar-refractivity contribution < 1.29 is 9.59 Å². The lowest BCUT2D eigenvalue weighted by molar-refractivity contribution is -0.119. The third-order valence-electron chi connectivity index (χ3n) is 2.11. The van der Waals surface area contributed by atoms with Crippen molar-refractivity contribution in [3.63, 3.8) is 0 Å². The number of rotatable bonds is 4. The third kappa shape index (κ3) is 4.67. The Morgan fingerprint density at radius 1 is 1.44 bits per heavy atom. The highest BCUT2D eigenvalue weighted by molar-refractivity contribution is 8.00. The van der Waals surface area contributed by atoms with Gasteiger partial charge >= 0.3 is 6.03 Å². The lowest BCUT2D eigenvalue weighted by Crippen LogP contribution is -2.42. The predicted molar refractivity (Wildman–Crippen MR) is 73.4 cm³/mol. The molecule has 0 aromatic heterocycles. The largest absolute Gasteiger partial charge is 0.399 e. The van der Waals surface area contributed by atoms with Gasteiger partial charge in [0.2, 0.25) is 5.91 Å². The molecule has 1 aromatic rings. The fourth-order valence-electron chi connectivity index (χ4n) is 1.26. The number of carbonyl (C=O) groups is 2. The summed E-state index contributed by atoms with van der Waals surface area (Å²) in [5.74, 6) is -0.326. The number of imide groups is 1. The van der Waals surface area contributed by atoms with Crippen LogP contribution in [0.3, 0.4) is 0 Å². The van der Waals surface area contributed by atoms with Gasteiger partial charge in [0.05, 0.1) is 5.25 Å². The number of nitrogens with two attached hydrogens (primary N) is 1. The van der Waals surface area contributed by atoms with Crippen molar-refractivity contribution in [1.82, 2.24) is 10.6 Å². The van der Waals surface area contributed by atoms with Crippen LogP contribution < -0.4 is 16.4 Å². The van der Waals surface area contributed by atoms with Gasteiger partial charge in [0.1, 0.15) is 0 Å². The number of nitrogens with one attached hydrogen (secondary N) is 2. The van der Waals surface area contributed by atoms with E-state index in [1.807, 2.05) is 12.1 Å². The zero-order chi connectivity index (χ0) is 13.5. The van der Waals surface area contributed by atoms with Gasteiger partial charge in [-0.05, 0) is 32.0 Å². The van der Waals surface area contributed by atoms with Crippen LogP contribution in [0.4, 0.5) is 10.5 Å². The minimum absolute atomic E-state index is 0.326. The first-order valence-electron chi connectivity index (χ1n) is 5.63. The highest BCUT2D eigenvalue weighted by Crippen LogP contribution is 2.24. The summed E-state index contributed by atoms with van der Waals surface area (Å²) in [6.45, 7) is 4.01. The molecule has 1 aromatic carbocycles. The Kier molecular flexibility index (Phi) is 5.51. The Bertz CT molecular complexity index is 437. The van der Waals surface area contributed by atoms with Crippen molar-refractivity contribution in [2.45, 2.75) is 24.0 Å². The number of benzene rings is 1. The maximum absolute atomic E-state index is 11.7. The first-order chi connectivity index (χ1) is 8.52. The second-order valence-electron chi connectivity index (χ2n) is 3.68. The summed E-state index contributed by atoms with van der Waals surface area (Å²) in [4.78, 5) is 23.8. The summed E-state index contributed by atoms with van der Waals surface area (Å²) in [6, 6.07) is 6.80. The molecule has 0 spiro atoms. The maximum Gasteiger partial charge on any atom is 0.321 e. The second kappa shape index (κ2) is 6.90. The van der Waals surface area contributed by atoms with Gasteiger partial charge in [0, 0.05) is 17.1 Å². The summed E-state index contributed by atoms with van der Waals surface area (Å²) in [7, 11) is 0. The summed E-state index contributed by atoms with van der Waals surface area (Å²) in [5.41, 5.74) is 6.30. The minimum Gasteiger partial charge on any atom is -0.399 e. The standard InChI is InChI=1S/C12H17N3O2S/c1-3-14-12(17)15-11(16)8(2)18-10-6-4-5-9(13)7-10/h4-8H,3,13H2,1-2H3,(H2,14,15,16,17). The van der Waals surface area contributed by atoms with Crippen LogP contribution in [0.2, 0.25) is 0 Å². The quantitative estimate of drug-likeness (QED) is 0.571. The van der Waals surface area contributed by atoms with Crippen molar-refractivity contribution in [2.75, 3.05) is 12.3 Å². The van der Waals surface area contributed by atoms with E-state index in [1.165, 1.54) is 11.8 Å². The van der Waals surface area contributed by atoms with Gasteiger partial charge in [-0.1, -0.05) is 6.07 Å². The van der Waals surface area contributed by atoms with Crippen LogP contribution >= 0.6 is 11.8 Å². The molecule has 1 unspecified atom stereocenters. The van der Waals surface area contributed by atoms with Gasteiger partial charge in [0.15, 0.2) is 0 Å². The fourth-order valence-corrected chi connectivity index (χ4v) is 2.20. The number of urea groups is 1. The summed E-state index contributed by atoms with van der Waals surface area (Å²) < 4.78 is 0. The van der Waals surface area contributed by atoms with Gasteiger partial charge in [-0.2, -0.15) is 0 Å². The Morgan fingerprint density at radius 3 is 2.78 bits per heavy atom. The van der Waals surface area contributed by atoms with Crippen molar-refractivity contribution in [1.29, 1.82) is 0 Å². The smallest absolute Gasteiger partial charge is 0.321 e. The van der Waals surface area contributed by atoms with E-state index in [-0.39, 0.29) is 11.2 Å². The zero-order valence-electron chi connectivity index (χ0n) is 10.4. The third-order valence-corrected chi connectivity index (χ3v) is 3.21. The number of anilines is 1. The molecule has 0 saturated carbocycles. The summed E-state index contributed by atoms with van der Waals surface area (Å²) in [5, 5.41) is 4.41. The van der Waals surface area contributed by atoms with Crippen LogP contribution in [0.5, 0.6) is 0 Å². The first-order valence-corrected chi connectivity index (χ1v) is 6.51. The molecule has 1 atom stereocenters. The van der Waals surface area contributed by atoms with Gasteiger partial charge in [-0.3, -0.25) is 10.1 Å². The highest BCUT2D eigenvalue weighted by atomic mass is 32.2. The Balaban J connectivity index is 2.52. The van der Waals surface area contributed by atoms with Crippen LogP contribution in [0.1, 0.15) is 13.8 Å². The van der Waals surface area contributed by atoms with Crippen molar-refractivity contribution in [3.05, 3.63) is 24.3 Å². The number of thioether (sulfide) groups is 1. The monoisotopic (exact) mass is 267 g/mol. The van der Waals surface area contributed by atoms with Gasteiger partial charge in [-0.25, -0.2) is 4.79 Å². The number of carbonyl (C=O) groups excluding carboxylic acids is 2. The van der Waals surface area contributed by atoms with Crippen molar-refractivity contribution >= 4 is 29.4 Å². The molecule has 5 nitrogen and oxygen atoms in total. The molecule has 0 aliphatic rings. The van der Waals surface area contributed by atoms with Crippen LogP contribution in [0.15, 0.2) is 29.2 Å². The van der Waals surface area contributed by atoms with Crippen LogP contribution in [-0.2, 0) is 4.79 Å². The molecule has 0 aliphatic heterocycles. The molecule has 18 heavy (non-hydrogen) atoms. The SMILES string of the molecule is CCNC(=O)NC(=O)C(C)Sc1cccc(N)c1. The molecule has 0 heterocycles. The molecular formula is C12H17N3O2S. The van der Waals surface area contributed by atoms with Crippen LogP contribution in [0, 0.1) is 0 Å². The van der Waals surface area contributed by atoms with Crippen molar-refractivity contribution in [3.8, 4) is 0 Å². The molecule has 0 radical (unpaired) electrons. The van der Waals surface area contributed by atoms with Gasteiger partial charge in [-0.15, -0.1) is 11.8 Å². The topological polar surface area (TPSA) is 84.2 Å². The molecule has 0 fully saturated rings. The molecule has 4 N–H and O–H groups in total. The molecule has 0 saturated heterocycles. The van der Waals surface area contributed by atoms with E-state index in [1.54, 1.807) is 26.0 Å². The average Bonchev–Trinajstić information content (AvgIpc) is 2.29. The van der Waals surface area contributed by atoms with E-state index in [0.717, 1.165) is 4.90 Å². The molecule has 3 amide bonds. The van der Waals surface area contributed by atoms with Crippen LogP contribution in [-0.4, -0.2) is 23.7 Å². The maximum atomic E-state index is 11.7. The lowest BCUT2D eigenvalue weighted by atomic mass is 10.3. The summed E-state index contributed by atoms with van der Waals surface area (Å²) in [6.07, 6.45) is 0. The lowest BCUT2D eigenvalue weighted by Gasteiger charge is -2.11. The van der Waals surface area contributed by atoms with E-state index in [4.69, 9.17) is 5.73 Å². The van der Waals surface area contributed by atoms with E-state index in [2.05, 4.69) is 10.6 Å². The summed E-state index contributed by atoms with van der Waals surface area (Å²) >= 11 is 1.35. The fraction of sp³-hybridized carbons (Fsp3) is 0.333. The van der Waals surface area contributed by atoms with Gasteiger partial charge < -0.3 is 11.1 Å². The van der Waals surface area contributed by atoms with E-state index in [0.29, 0.717) is 12.2 Å². The average molecular weight is 267 g/mol. The first kappa shape index (κ1) is 14.4. The molecule has 6 heteroatoms. The van der Waals surface area contributed by atoms with Crippen molar-refractivity contribution in [2.24, 2.45) is 0 Å². The zero-order valence-corrected chi connectivity index (χ0v) is 11.2. The number of amides is 3. The molecule has 1 rings (SSSR count). The Hall–Kier alpha value is -1.69. The normalized spacial score (nSPS) is 11.7. The molecule has 0 aliphatic carbocycles. The second-order valence-corrected chi connectivity index (χ2v) is 5.10. The molecular weight excluding hydrogens is 250 g/mol. The number of hydrogen-bond donors (Lipinski definition) is 3. The molecule has 98 valence electrons. The minimum atomic E-state index is -0.470. The van der Waals surface area contributed by atoms with E-state index in [9.17, 15) is 9.59 Å².